The minimum atomic E-state index is -4.42. The predicted octanol–water partition coefficient (Wildman–Crippen LogP) is 4.95. The number of nitrogens with zero attached hydrogens (tertiary/aromatic N) is 1. The first kappa shape index (κ1) is 18.9. The van der Waals surface area contributed by atoms with Gasteiger partial charge in [0.25, 0.3) is 0 Å². The number of urea groups is 1. The van der Waals surface area contributed by atoms with E-state index in [1.165, 1.54) is 23.1 Å². The summed E-state index contributed by atoms with van der Waals surface area (Å²) in [6.07, 6.45) is -4.42. The van der Waals surface area contributed by atoms with Crippen LogP contribution in [0, 0.1) is 0 Å². The summed E-state index contributed by atoms with van der Waals surface area (Å²) >= 11 is 6.06. The molecule has 134 valence electrons. The lowest BCUT2D eigenvalue weighted by Gasteiger charge is -2.19. The average Bonchev–Trinajstić information content (AvgIpc) is 2.55. The molecule has 0 aliphatic heterocycles. The lowest BCUT2D eigenvalue weighted by atomic mass is 10.2. The molecule has 2 aromatic carbocycles. The number of halogens is 4. The second-order valence-corrected chi connectivity index (χ2v) is 5.72. The molecule has 0 aromatic heterocycles. The SMILES string of the molecule is CN(Cc1ccccc1Cl)C(=O)Nc1cccc(OCC(F)(F)F)c1. The quantitative estimate of drug-likeness (QED) is 0.807. The van der Waals surface area contributed by atoms with E-state index in [0.29, 0.717) is 10.7 Å². The largest absolute Gasteiger partial charge is 0.484 e. The number of benzene rings is 2. The fourth-order valence-corrected chi connectivity index (χ4v) is 2.20. The molecule has 1 N–H and O–H groups in total. The highest BCUT2D eigenvalue weighted by atomic mass is 35.5. The van der Waals surface area contributed by atoms with Crippen molar-refractivity contribution in [3.63, 3.8) is 0 Å². The molecule has 2 amide bonds. The summed E-state index contributed by atoms with van der Waals surface area (Å²) < 4.78 is 41.2. The Labute approximate surface area is 148 Å². The van der Waals surface area contributed by atoms with Gasteiger partial charge in [-0.1, -0.05) is 35.9 Å². The monoisotopic (exact) mass is 372 g/mol. The van der Waals surface area contributed by atoms with Crippen LogP contribution in [0.15, 0.2) is 48.5 Å². The van der Waals surface area contributed by atoms with E-state index in [-0.39, 0.29) is 12.3 Å². The van der Waals surface area contributed by atoms with Crippen molar-refractivity contribution in [1.82, 2.24) is 4.90 Å². The van der Waals surface area contributed by atoms with Gasteiger partial charge < -0.3 is 15.0 Å². The number of alkyl halides is 3. The Hall–Kier alpha value is -2.41. The van der Waals surface area contributed by atoms with Crippen molar-refractivity contribution >= 4 is 23.3 Å². The van der Waals surface area contributed by atoms with E-state index in [2.05, 4.69) is 10.1 Å². The summed E-state index contributed by atoms with van der Waals surface area (Å²) in [5, 5.41) is 3.15. The van der Waals surface area contributed by atoms with Crippen LogP contribution < -0.4 is 10.1 Å². The number of nitrogens with one attached hydrogen (secondary N) is 1. The molecule has 0 radical (unpaired) electrons. The van der Waals surface area contributed by atoms with Crippen molar-refractivity contribution in [2.24, 2.45) is 0 Å². The average molecular weight is 373 g/mol. The fraction of sp³-hybridized carbons (Fsp3) is 0.235. The molecule has 0 heterocycles. The minimum absolute atomic E-state index is 0.0175. The molecule has 0 bridgehead atoms. The zero-order valence-corrected chi connectivity index (χ0v) is 14.1. The molecule has 2 aromatic rings. The van der Waals surface area contributed by atoms with Crippen LogP contribution in [-0.2, 0) is 6.54 Å². The van der Waals surface area contributed by atoms with Crippen LogP contribution in [0.2, 0.25) is 5.02 Å². The summed E-state index contributed by atoms with van der Waals surface area (Å²) in [6.45, 7) is -1.10. The Morgan fingerprint density at radius 2 is 1.92 bits per heavy atom. The van der Waals surface area contributed by atoms with E-state index in [0.717, 1.165) is 5.56 Å². The van der Waals surface area contributed by atoms with Gasteiger partial charge in [0.2, 0.25) is 0 Å². The number of hydrogen-bond donors (Lipinski definition) is 1. The molecule has 0 unspecified atom stereocenters. The van der Waals surface area contributed by atoms with Crippen LogP contribution in [0.25, 0.3) is 0 Å². The molecule has 4 nitrogen and oxygen atoms in total. The molecule has 25 heavy (non-hydrogen) atoms. The molecule has 8 heteroatoms. The standard InChI is InChI=1S/C17H16ClF3N2O2/c1-23(10-12-5-2-3-8-15(12)18)16(24)22-13-6-4-7-14(9-13)25-11-17(19,20)21/h2-9H,10-11H2,1H3,(H,22,24). The second kappa shape index (κ2) is 8.11. The maximum Gasteiger partial charge on any atom is 0.422 e. The van der Waals surface area contributed by atoms with Crippen molar-refractivity contribution < 1.29 is 22.7 Å². The first-order valence-electron chi connectivity index (χ1n) is 7.30. The molecular weight excluding hydrogens is 357 g/mol. The van der Waals surface area contributed by atoms with Gasteiger partial charge in [-0.15, -0.1) is 0 Å². The molecule has 0 fully saturated rings. The van der Waals surface area contributed by atoms with Crippen LogP contribution in [0.4, 0.5) is 23.7 Å². The normalized spacial score (nSPS) is 11.1. The third-order valence-corrected chi connectivity index (χ3v) is 3.57. The topological polar surface area (TPSA) is 41.6 Å². The van der Waals surface area contributed by atoms with Crippen molar-refractivity contribution in [2.75, 3.05) is 19.0 Å². The van der Waals surface area contributed by atoms with Crippen LogP contribution in [0.5, 0.6) is 5.75 Å². The Bertz CT molecular complexity index is 738. The smallest absolute Gasteiger partial charge is 0.422 e. The second-order valence-electron chi connectivity index (χ2n) is 5.31. The Morgan fingerprint density at radius 3 is 2.60 bits per heavy atom. The van der Waals surface area contributed by atoms with E-state index >= 15 is 0 Å². The Morgan fingerprint density at radius 1 is 1.20 bits per heavy atom. The number of carbonyl (C=O) groups is 1. The van der Waals surface area contributed by atoms with Gasteiger partial charge in [0.15, 0.2) is 6.61 Å². The van der Waals surface area contributed by atoms with Gasteiger partial charge in [-0.25, -0.2) is 4.79 Å². The number of carbonyl (C=O) groups excluding carboxylic acids is 1. The summed E-state index contributed by atoms with van der Waals surface area (Å²) in [5.41, 5.74) is 1.11. The van der Waals surface area contributed by atoms with Gasteiger partial charge in [0, 0.05) is 30.4 Å². The van der Waals surface area contributed by atoms with Gasteiger partial charge in [0.1, 0.15) is 5.75 Å². The minimum Gasteiger partial charge on any atom is -0.484 e. The van der Waals surface area contributed by atoms with Gasteiger partial charge in [-0.3, -0.25) is 0 Å². The van der Waals surface area contributed by atoms with Crippen molar-refractivity contribution in [3.05, 3.63) is 59.1 Å². The zero-order valence-electron chi connectivity index (χ0n) is 13.3. The predicted molar refractivity (Wildman–Crippen MR) is 89.9 cm³/mol. The fourth-order valence-electron chi connectivity index (χ4n) is 2.00. The molecule has 0 saturated heterocycles. The van der Waals surface area contributed by atoms with Crippen LogP contribution >= 0.6 is 11.6 Å². The summed E-state index contributed by atoms with van der Waals surface area (Å²) in [7, 11) is 1.59. The zero-order chi connectivity index (χ0) is 18.4. The summed E-state index contributed by atoms with van der Waals surface area (Å²) in [4.78, 5) is 13.6. The first-order chi connectivity index (χ1) is 11.7. The highest BCUT2D eigenvalue weighted by Gasteiger charge is 2.28. The van der Waals surface area contributed by atoms with E-state index in [9.17, 15) is 18.0 Å². The first-order valence-corrected chi connectivity index (χ1v) is 7.67. The van der Waals surface area contributed by atoms with Crippen molar-refractivity contribution in [1.29, 1.82) is 0 Å². The van der Waals surface area contributed by atoms with E-state index in [1.807, 2.05) is 6.07 Å². The number of hydrogen-bond acceptors (Lipinski definition) is 2. The molecule has 0 aliphatic carbocycles. The van der Waals surface area contributed by atoms with Gasteiger partial charge in [-0.05, 0) is 23.8 Å². The summed E-state index contributed by atoms with van der Waals surface area (Å²) in [5.74, 6) is 0.0175. The maximum absolute atomic E-state index is 12.2. The lowest BCUT2D eigenvalue weighted by Crippen LogP contribution is -2.30. The third-order valence-electron chi connectivity index (χ3n) is 3.20. The molecular formula is C17H16ClF3N2O2. The van der Waals surface area contributed by atoms with E-state index in [1.54, 1.807) is 31.3 Å². The lowest BCUT2D eigenvalue weighted by molar-refractivity contribution is -0.153. The molecule has 0 atom stereocenters. The van der Waals surface area contributed by atoms with Gasteiger partial charge in [-0.2, -0.15) is 13.2 Å². The van der Waals surface area contributed by atoms with Gasteiger partial charge in [0.05, 0.1) is 0 Å². The molecule has 0 saturated carbocycles. The summed E-state index contributed by atoms with van der Waals surface area (Å²) in [6, 6.07) is 12.5. The van der Waals surface area contributed by atoms with Crippen LogP contribution in [0.3, 0.4) is 0 Å². The highest BCUT2D eigenvalue weighted by Crippen LogP contribution is 2.22. The third kappa shape index (κ3) is 6.19. The van der Waals surface area contributed by atoms with E-state index in [4.69, 9.17) is 11.6 Å². The Kier molecular flexibility index (Phi) is 6.14. The van der Waals surface area contributed by atoms with Crippen LogP contribution in [0.1, 0.15) is 5.56 Å². The number of ether oxygens (including phenoxy) is 1. The maximum atomic E-state index is 12.2. The molecule has 0 aliphatic rings. The van der Waals surface area contributed by atoms with Crippen molar-refractivity contribution in [2.45, 2.75) is 12.7 Å². The number of anilines is 1. The van der Waals surface area contributed by atoms with Gasteiger partial charge >= 0.3 is 12.2 Å². The molecule has 2 rings (SSSR count). The number of amides is 2. The number of rotatable bonds is 5. The van der Waals surface area contributed by atoms with Crippen LogP contribution in [-0.4, -0.2) is 30.8 Å². The molecule has 0 spiro atoms. The Balaban J connectivity index is 1.96. The highest BCUT2D eigenvalue weighted by molar-refractivity contribution is 6.31. The van der Waals surface area contributed by atoms with E-state index < -0.39 is 18.8 Å². The van der Waals surface area contributed by atoms with Crippen molar-refractivity contribution in [3.8, 4) is 5.75 Å².